The highest BCUT2D eigenvalue weighted by Gasteiger charge is 2.43. The molecule has 0 aliphatic carbocycles. The Hall–Kier alpha value is -2.41. The zero-order chi connectivity index (χ0) is 17.0. The Bertz CT molecular complexity index is 663. The van der Waals surface area contributed by atoms with Crippen LogP contribution in [0.5, 0.6) is 0 Å². The Kier molecular flexibility index (Phi) is 5.00. The molecule has 7 heteroatoms. The van der Waals surface area contributed by atoms with Gasteiger partial charge >= 0.3 is 5.92 Å². The summed E-state index contributed by atoms with van der Waals surface area (Å²) in [4.78, 5) is 15.3. The molecular formula is C16H15F3N2O2. The van der Waals surface area contributed by atoms with Crippen molar-refractivity contribution < 1.29 is 23.1 Å². The van der Waals surface area contributed by atoms with Gasteiger partial charge in [-0.15, -0.1) is 0 Å². The van der Waals surface area contributed by atoms with E-state index in [1.807, 2.05) is 0 Å². The summed E-state index contributed by atoms with van der Waals surface area (Å²) in [7, 11) is 0. The van der Waals surface area contributed by atoms with Gasteiger partial charge in [0.15, 0.2) is 0 Å². The van der Waals surface area contributed by atoms with Crippen molar-refractivity contribution in [3.05, 3.63) is 65.7 Å². The van der Waals surface area contributed by atoms with Crippen LogP contribution < -0.4 is 5.32 Å². The number of benzene rings is 1. The van der Waals surface area contributed by atoms with Crippen LogP contribution in [0.1, 0.15) is 24.3 Å². The third kappa shape index (κ3) is 3.87. The Morgan fingerprint density at radius 2 is 1.87 bits per heavy atom. The van der Waals surface area contributed by atoms with E-state index in [9.17, 15) is 23.1 Å². The number of nitrogens with one attached hydrogen (secondary N) is 1. The average molecular weight is 324 g/mol. The van der Waals surface area contributed by atoms with E-state index >= 15 is 0 Å². The van der Waals surface area contributed by atoms with Crippen molar-refractivity contribution in [2.75, 3.05) is 0 Å². The summed E-state index contributed by atoms with van der Waals surface area (Å²) >= 11 is 0. The predicted molar refractivity (Wildman–Crippen MR) is 77.1 cm³/mol. The van der Waals surface area contributed by atoms with Crippen LogP contribution in [0.4, 0.5) is 13.2 Å². The minimum atomic E-state index is -3.82. The first-order valence-corrected chi connectivity index (χ1v) is 6.86. The minimum Gasteiger partial charge on any atom is -0.386 e. The number of hydrogen-bond acceptors (Lipinski definition) is 3. The second kappa shape index (κ2) is 6.78. The fourth-order valence-corrected chi connectivity index (χ4v) is 1.99. The zero-order valence-corrected chi connectivity index (χ0v) is 12.2. The molecule has 122 valence electrons. The van der Waals surface area contributed by atoms with Crippen molar-refractivity contribution in [1.29, 1.82) is 0 Å². The molecule has 0 aliphatic rings. The quantitative estimate of drug-likeness (QED) is 0.888. The maximum Gasteiger partial charge on any atom is 0.366 e. The van der Waals surface area contributed by atoms with Crippen LogP contribution >= 0.6 is 0 Å². The minimum absolute atomic E-state index is 0.306. The third-order valence-electron chi connectivity index (χ3n) is 3.32. The van der Waals surface area contributed by atoms with E-state index in [4.69, 9.17) is 0 Å². The normalized spacial score (nSPS) is 14.1. The molecule has 2 N–H and O–H groups in total. The Balaban J connectivity index is 2.08. The summed E-state index contributed by atoms with van der Waals surface area (Å²) in [6.07, 6.45) is -0.0908. The zero-order valence-electron chi connectivity index (χ0n) is 12.2. The molecular weight excluding hydrogens is 309 g/mol. The van der Waals surface area contributed by atoms with E-state index < -0.39 is 35.5 Å². The van der Waals surface area contributed by atoms with Crippen molar-refractivity contribution in [2.45, 2.75) is 25.0 Å². The summed E-state index contributed by atoms with van der Waals surface area (Å²) in [6, 6.07) is 7.76. The number of rotatable bonds is 5. The number of alkyl halides is 2. The highest BCUT2D eigenvalue weighted by atomic mass is 19.3. The molecule has 0 aliphatic heterocycles. The van der Waals surface area contributed by atoms with Crippen LogP contribution in [0.2, 0.25) is 0 Å². The number of halogens is 3. The van der Waals surface area contributed by atoms with E-state index in [0.717, 1.165) is 24.4 Å². The van der Waals surface area contributed by atoms with E-state index in [-0.39, 0.29) is 0 Å². The maximum atomic E-state index is 14.0. The topological polar surface area (TPSA) is 62.2 Å². The number of pyridine rings is 1. The number of nitrogens with zero attached hydrogens (tertiary/aromatic N) is 1. The van der Waals surface area contributed by atoms with Crippen LogP contribution in [-0.4, -0.2) is 22.0 Å². The lowest BCUT2D eigenvalue weighted by atomic mass is 10.0. The molecule has 4 nitrogen and oxygen atoms in total. The fraction of sp³-hybridized carbons (Fsp3) is 0.250. The first-order valence-electron chi connectivity index (χ1n) is 6.86. The lowest BCUT2D eigenvalue weighted by molar-refractivity contribution is -0.149. The van der Waals surface area contributed by atoms with Crippen molar-refractivity contribution in [1.82, 2.24) is 10.3 Å². The second-order valence-corrected chi connectivity index (χ2v) is 5.05. The first kappa shape index (κ1) is 17.0. The summed E-state index contributed by atoms with van der Waals surface area (Å²) in [6.45, 7) is 1.38. The SMILES string of the molecule is CC(NC(=O)C(F)(F)c1ccccn1)C(O)c1ccc(F)cc1. The third-order valence-corrected chi connectivity index (χ3v) is 3.32. The number of amides is 1. The molecule has 0 radical (unpaired) electrons. The van der Waals surface area contributed by atoms with Gasteiger partial charge < -0.3 is 10.4 Å². The maximum absolute atomic E-state index is 14.0. The van der Waals surface area contributed by atoms with Gasteiger partial charge in [0.25, 0.3) is 5.91 Å². The van der Waals surface area contributed by atoms with Crippen LogP contribution in [0, 0.1) is 5.82 Å². The molecule has 23 heavy (non-hydrogen) atoms. The van der Waals surface area contributed by atoms with Crippen LogP contribution in [-0.2, 0) is 10.7 Å². The molecule has 2 atom stereocenters. The van der Waals surface area contributed by atoms with Gasteiger partial charge in [0.05, 0.1) is 12.1 Å². The van der Waals surface area contributed by atoms with E-state index in [1.54, 1.807) is 0 Å². The van der Waals surface area contributed by atoms with Crippen LogP contribution in [0.15, 0.2) is 48.7 Å². The van der Waals surface area contributed by atoms with Gasteiger partial charge in [0.1, 0.15) is 11.5 Å². The Morgan fingerprint density at radius 3 is 2.43 bits per heavy atom. The monoisotopic (exact) mass is 324 g/mol. The van der Waals surface area contributed by atoms with E-state index in [0.29, 0.717) is 5.56 Å². The van der Waals surface area contributed by atoms with Crippen molar-refractivity contribution in [2.24, 2.45) is 0 Å². The molecule has 2 unspecified atom stereocenters. The molecule has 1 heterocycles. The molecule has 2 rings (SSSR count). The predicted octanol–water partition coefficient (Wildman–Crippen LogP) is 2.55. The second-order valence-electron chi connectivity index (χ2n) is 5.05. The van der Waals surface area contributed by atoms with Crippen molar-refractivity contribution >= 4 is 5.91 Å². The first-order chi connectivity index (χ1) is 10.8. The molecule has 1 aromatic heterocycles. The molecule has 0 fully saturated rings. The molecule has 0 saturated heterocycles. The van der Waals surface area contributed by atoms with E-state index in [2.05, 4.69) is 10.3 Å². The van der Waals surface area contributed by atoms with Crippen molar-refractivity contribution in [3.8, 4) is 0 Å². The molecule has 0 bridgehead atoms. The highest BCUT2D eigenvalue weighted by Crippen LogP contribution is 2.27. The molecule has 0 saturated carbocycles. The number of hydrogen-bond donors (Lipinski definition) is 2. The number of aromatic nitrogens is 1. The molecule has 2 aromatic rings. The Morgan fingerprint density at radius 1 is 1.22 bits per heavy atom. The molecule has 0 spiro atoms. The Labute approximate surface area is 131 Å². The van der Waals surface area contributed by atoms with Crippen LogP contribution in [0.25, 0.3) is 0 Å². The largest absolute Gasteiger partial charge is 0.386 e. The van der Waals surface area contributed by atoms with Gasteiger partial charge in [0, 0.05) is 6.20 Å². The van der Waals surface area contributed by atoms with Gasteiger partial charge in [-0.05, 0) is 36.8 Å². The average Bonchev–Trinajstić information content (AvgIpc) is 2.55. The summed E-state index contributed by atoms with van der Waals surface area (Å²) in [5, 5.41) is 12.1. The van der Waals surface area contributed by atoms with Crippen LogP contribution in [0.3, 0.4) is 0 Å². The number of carbonyl (C=O) groups excluding carboxylic acids is 1. The number of carbonyl (C=O) groups is 1. The lowest BCUT2D eigenvalue weighted by Crippen LogP contribution is -2.45. The van der Waals surface area contributed by atoms with Gasteiger partial charge in [-0.25, -0.2) is 4.39 Å². The summed E-state index contributed by atoms with van der Waals surface area (Å²) in [5.74, 6) is -5.87. The van der Waals surface area contributed by atoms with E-state index in [1.165, 1.54) is 31.2 Å². The molecule has 1 amide bonds. The standard InChI is InChI=1S/C16H15F3N2O2/c1-10(14(22)11-5-7-12(17)8-6-11)21-15(23)16(18,19)13-4-2-3-9-20-13/h2-10,14,22H,1H3,(H,21,23). The van der Waals surface area contributed by atoms with Crippen molar-refractivity contribution in [3.63, 3.8) is 0 Å². The number of aliphatic hydroxyl groups excluding tert-OH is 1. The molecule has 1 aromatic carbocycles. The van der Waals surface area contributed by atoms with Gasteiger partial charge in [-0.3, -0.25) is 9.78 Å². The summed E-state index contributed by atoms with van der Waals surface area (Å²) < 4.78 is 40.9. The van der Waals surface area contributed by atoms with Gasteiger partial charge in [0.2, 0.25) is 0 Å². The van der Waals surface area contributed by atoms with Gasteiger partial charge in [-0.2, -0.15) is 8.78 Å². The van der Waals surface area contributed by atoms with Gasteiger partial charge in [-0.1, -0.05) is 18.2 Å². The highest BCUT2D eigenvalue weighted by molar-refractivity contribution is 5.84. The summed E-state index contributed by atoms with van der Waals surface area (Å²) in [5.41, 5.74) is -0.374. The smallest absolute Gasteiger partial charge is 0.366 e. The fourth-order valence-electron chi connectivity index (χ4n) is 1.99. The number of aliphatic hydroxyl groups is 1. The lowest BCUT2D eigenvalue weighted by Gasteiger charge is -2.23.